The highest BCUT2D eigenvalue weighted by molar-refractivity contribution is 5.78. The molecular weight excluding hydrogens is 242 g/mol. The number of nitrogens with zero attached hydrogens (tertiary/aromatic N) is 1. The Kier molecular flexibility index (Phi) is 8.02. The van der Waals surface area contributed by atoms with E-state index >= 15 is 0 Å². The number of ether oxygens (including phenoxy) is 1. The molecule has 0 aliphatic carbocycles. The quantitative estimate of drug-likeness (QED) is 0.603. The minimum Gasteiger partial charge on any atom is -0.379 e. The summed E-state index contributed by atoms with van der Waals surface area (Å²) in [6.07, 6.45) is 3.53. The minimum atomic E-state index is 0.132. The van der Waals surface area contributed by atoms with E-state index in [-0.39, 0.29) is 12.0 Å². The highest BCUT2D eigenvalue weighted by atomic mass is 16.5. The SMILES string of the molecule is CNCC1CCCN1CC(=O)NCCCOC(C)C. The summed E-state index contributed by atoms with van der Waals surface area (Å²) >= 11 is 0. The molecule has 1 saturated heterocycles. The zero-order chi connectivity index (χ0) is 14.1. The number of likely N-dealkylation sites (tertiary alicyclic amines) is 1. The smallest absolute Gasteiger partial charge is 0.234 e. The summed E-state index contributed by atoms with van der Waals surface area (Å²) in [5.41, 5.74) is 0. The first-order chi connectivity index (χ1) is 9.13. The van der Waals surface area contributed by atoms with Gasteiger partial charge in [0.1, 0.15) is 0 Å². The van der Waals surface area contributed by atoms with Crippen molar-refractivity contribution in [3.8, 4) is 0 Å². The maximum Gasteiger partial charge on any atom is 0.234 e. The van der Waals surface area contributed by atoms with Crippen molar-refractivity contribution in [2.45, 2.75) is 45.3 Å². The van der Waals surface area contributed by atoms with Crippen LogP contribution in [0.1, 0.15) is 33.1 Å². The van der Waals surface area contributed by atoms with E-state index in [9.17, 15) is 4.79 Å². The number of hydrogen-bond donors (Lipinski definition) is 2. The topological polar surface area (TPSA) is 53.6 Å². The van der Waals surface area contributed by atoms with Crippen molar-refractivity contribution < 1.29 is 9.53 Å². The summed E-state index contributed by atoms with van der Waals surface area (Å²) < 4.78 is 5.44. The molecule has 0 aromatic heterocycles. The first-order valence-corrected chi connectivity index (χ1v) is 7.40. The van der Waals surface area contributed by atoms with Crippen molar-refractivity contribution in [2.24, 2.45) is 0 Å². The van der Waals surface area contributed by atoms with Crippen molar-refractivity contribution in [1.29, 1.82) is 0 Å². The summed E-state index contributed by atoms with van der Waals surface area (Å²) in [5, 5.41) is 6.16. The van der Waals surface area contributed by atoms with Gasteiger partial charge in [0, 0.05) is 25.7 Å². The van der Waals surface area contributed by atoms with Gasteiger partial charge in [0.05, 0.1) is 12.6 Å². The van der Waals surface area contributed by atoms with E-state index in [4.69, 9.17) is 4.74 Å². The Morgan fingerprint density at radius 1 is 1.47 bits per heavy atom. The van der Waals surface area contributed by atoms with Crippen LogP contribution in [0, 0.1) is 0 Å². The molecule has 1 heterocycles. The van der Waals surface area contributed by atoms with Gasteiger partial charge in [0.25, 0.3) is 0 Å². The number of nitrogens with one attached hydrogen (secondary N) is 2. The first kappa shape index (κ1) is 16.4. The summed E-state index contributed by atoms with van der Waals surface area (Å²) in [6.45, 7) is 7.99. The Bertz CT molecular complexity index is 259. The van der Waals surface area contributed by atoms with Gasteiger partial charge < -0.3 is 15.4 Å². The van der Waals surface area contributed by atoms with Crippen LogP contribution in [0.2, 0.25) is 0 Å². The molecule has 0 aromatic rings. The normalized spacial score (nSPS) is 20.1. The van der Waals surface area contributed by atoms with E-state index in [1.807, 2.05) is 20.9 Å². The zero-order valence-electron chi connectivity index (χ0n) is 12.6. The maximum atomic E-state index is 11.8. The second-order valence-electron chi connectivity index (χ2n) is 5.45. The Labute approximate surface area is 117 Å². The van der Waals surface area contributed by atoms with Crippen LogP contribution in [0.25, 0.3) is 0 Å². The fourth-order valence-electron chi connectivity index (χ4n) is 2.43. The van der Waals surface area contributed by atoms with Crippen molar-refractivity contribution >= 4 is 5.91 Å². The van der Waals surface area contributed by atoms with E-state index in [1.54, 1.807) is 0 Å². The third kappa shape index (κ3) is 6.89. The van der Waals surface area contributed by atoms with E-state index < -0.39 is 0 Å². The Balaban J connectivity index is 2.10. The second-order valence-corrected chi connectivity index (χ2v) is 5.45. The van der Waals surface area contributed by atoms with Gasteiger partial charge in [0.15, 0.2) is 0 Å². The number of carbonyl (C=O) groups excluding carboxylic acids is 1. The van der Waals surface area contributed by atoms with Gasteiger partial charge in [-0.2, -0.15) is 0 Å². The maximum absolute atomic E-state index is 11.8. The molecule has 1 fully saturated rings. The lowest BCUT2D eigenvalue weighted by molar-refractivity contribution is -0.122. The van der Waals surface area contributed by atoms with Crippen LogP contribution in [0.5, 0.6) is 0 Å². The van der Waals surface area contributed by atoms with Gasteiger partial charge in [0.2, 0.25) is 5.91 Å². The number of rotatable bonds is 9. The third-order valence-corrected chi connectivity index (χ3v) is 3.38. The third-order valence-electron chi connectivity index (χ3n) is 3.38. The predicted octanol–water partition coefficient (Wildman–Crippen LogP) is 0.602. The Morgan fingerprint density at radius 3 is 2.95 bits per heavy atom. The minimum absolute atomic E-state index is 0.132. The van der Waals surface area contributed by atoms with Crippen LogP contribution in [0.3, 0.4) is 0 Å². The summed E-state index contributed by atoms with van der Waals surface area (Å²) in [4.78, 5) is 14.1. The highest BCUT2D eigenvalue weighted by Gasteiger charge is 2.25. The summed E-state index contributed by atoms with van der Waals surface area (Å²) in [5.74, 6) is 0.132. The summed E-state index contributed by atoms with van der Waals surface area (Å²) in [6, 6.07) is 0.514. The van der Waals surface area contributed by atoms with Crippen molar-refractivity contribution in [1.82, 2.24) is 15.5 Å². The molecule has 1 aliphatic heterocycles. The highest BCUT2D eigenvalue weighted by Crippen LogP contribution is 2.15. The summed E-state index contributed by atoms with van der Waals surface area (Å²) in [7, 11) is 1.96. The Hall–Kier alpha value is -0.650. The average Bonchev–Trinajstić information content (AvgIpc) is 2.76. The van der Waals surface area contributed by atoms with Crippen LogP contribution in [-0.4, -0.2) is 62.8 Å². The lowest BCUT2D eigenvalue weighted by Crippen LogP contribution is -2.43. The predicted molar refractivity (Wildman–Crippen MR) is 77.2 cm³/mol. The molecule has 112 valence electrons. The monoisotopic (exact) mass is 271 g/mol. The molecule has 0 saturated carbocycles. The fourth-order valence-corrected chi connectivity index (χ4v) is 2.43. The zero-order valence-corrected chi connectivity index (χ0v) is 12.6. The Morgan fingerprint density at radius 2 is 2.26 bits per heavy atom. The van der Waals surface area contributed by atoms with Crippen LogP contribution >= 0.6 is 0 Å². The number of hydrogen-bond acceptors (Lipinski definition) is 4. The molecule has 5 nitrogen and oxygen atoms in total. The van der Waals surface area contributed by atoms with Gasteiger partial charge in [-0.25, -0.2) is 0 Å². The average molecular weight is 271 g/mol. The van der Waals surface area contributed by atoms with E-state index in [0.29, 0.717) is 25.7 Å². The molecule has 1 aliphatic rings. The molecule has 19 heavy (non-hydrogen) atoms. The van der Waals surface area contributed by atoms with Gasteiger partial charge >= 0.3 is 0 Å². The molecule has 1 atom stereocenters. The van der Waals surface area contributed by atoms with Crippen LogP contribution in [-0.2, 0) is 9.53 Å². The van der Waals surface area contributed by atoms with E-state index in [1.165, 1.54) is 12.8 Å². The standard InChI is InChI=1S/C14H29N3O2/c1-12(2)19-9-5-7-16-14(18)11-17-8-4-6-13(17)10-15-3/h12-13,15H,4-11H2,1-3H3,(H,16,18). The molecule has 1 unspecified atom stereocenters. The van der Waals surface area contributed by atoms with Gasteiger partial charge in [-0.15, -0.1) is 0 Å². The number of carbonyl (C=O) groups is 1. The molecule has 1 rings (SSSR count). The lowest BCUT2D eigenvalue weighted by Gasteiger charge is -2.23. The molecule has 5 heteroatoms. The first-order valence-electron chi connectivity index (χ1n) is 7.40. The van der Waals surface area contributed by atoms with Crippen molar-refractivity contribution in [2.75, 3.05) is 39.8 Å². The van der Waals surface area contributed by atoms with Crippen LogP contribution < -0.4 is 10.6 Å². The number of amides is 1. The molecule has 0 spiro atoms. The molecule has 2 N–H and O–H groups in total. The second kappa shape index (κ2) is 9.28. The molecule has 0 radical (unpaired) electrons. The van der Waals surface area contributed by atoms with Crippen molar-refractivity contribution in [3.63, 3.8) is 0 Å². The van der Waals surface area contributed by atoms with Gasteiger partial charge in [-0.1, -0.05) is 0 Å². The largest absolute Gasteiger partial charge is 0.379 e. The van der Waals surface area contributed by atoms with Gasteiger partial charge in [-0.05, 0) is 46.7 Å². The molecule has 0 aromatic carbocycles. The van der Waals surface area contributed by atoms with Crippen LogP contribution in [0.15, 0.2) is 0 Å². The molecular formula is C14H29N3O2. The molecule has 0 bridgehead atoms. The van der Waals surface area contributed by atoms with Crippen molar-refractivity contribution in [3.05, 3.63) is 0 Å². The van der Waals surface area contributed by atoms with E-state index in [2.05, 4.69) is 15.5 Å². The lowest BCUT2D eigenvalue weighted by atomic mass is 10.2. The molecule has 1 amide bonds. The van der Waals surface area contributed by atoms with Crippen LogP contribution in [0.4, 0.5) is 0 Å². The number of likely N-dealkylation sites (N-methyl/N-ethyl adjacent to an activating group) is 1. The van der Waals surface area contributed by atoms with E-state index in [0.717, 1.165) is 19.5 Å². The van der Waals surface area contributed by atoms with Gasteiger partial charge in [-0.3, -0.25) is 9.69 Å². The fraction of sp³-hybridized carbons (Fsp3) is 0.929.